The lowest BCUT2D eigenvalue weighted by molar-refractivity contribution is 0.593. The number of hydrogen-bond donors (Lipinski definition) is 0. The largest absolute Gasteiger partial charge is 0.275 e. The lowest BCUT2D eigenvalue weighted by atomic mass is 10.3. The highest BCUT2D eigenvalue weighted by atomic mass is 35.5. The molecule has 0 bridgehead atoms. The van der Waals surface area contributed by atoms with Crippen molar-refractivity contribution >= 4 is 38.6 Å². The first-order valence-corrected chi connectivity index (χ1v) is 8.31. The SMILES string of the molecule is CCN(c1ccccc1)S(=O)(=O)c1sc(Cl)nc1C. The number of nitrogens with zero attached hydrogens (tertiary/aromatic N) is 2. The van der Waals surface area contributed by atoms with Crippen LogP contribution in [0.2, 0.25) is 4.47 Å². The van der Waals surface area contributed by atoms with Gasteiger partial charge in [-0.2, -0.15) is 0 Å². The summed E-state index contributed by atoms with van der Waals surface area (Å²) in [5, 5.41) is 0. The third-order valence-corrected chi connectivity index (χ3v) is 6.34. The third-order valence-electron chi connectivity index (χ3n) is 2.58. The van der Waals surface area contributed by atoms with Crippen molar-refractivity contribution in [2.24, 2.45) is 0 Å². The van der Waals surface area contributed by atoms with Crippen LogP contribution in [0.3, 0.4) is 0 Å². The van der Waals surface area contributed by atoms with Gasteiger partial charge in [-0.3, -0.25) is 4.31 Å². The van der Waals surface area contributed by atoms with E-state index < -0.39 is 10.0 Å². The minimum absolute atomic E-state index is 0.197. The summed E-state index contributed by atoms with van der Waals surface area (Å²) < 4.78 is 27.1. The molecule has 2 aromatic rings. The molecular formula is C12H13ClN2O2S2. The molecule has 4 nitrogen and oxygen atoms in total. The van der Waals surface area contributed by atoms with Crippen molar-refractivity contribution in [1.29, 1.82) is 0 Å². The number of halogens is 1. The molecule has 1 heterocycles. The predicted octanol–water partition coefficient (Wildman–Crippen LogP) is 3.32. The molecule has 0 amide bonds. The van der Waals surface area contributed by atoms with Crippen LogP contribution in [0.15, 0.2) is 34.5 Å². The van der Waals surface area contributed by atoms with Gasteiger partial charge in [-0.05, 0) is 26.0 Å². The molecule has 1 aromatic heterocycles. The van der Waals surface area contributed by atoms with Gasteiger partial charge in [0.2, 0.25) is 0 Å². The molecule has 0 aliphatic heterocycles. The fourth-order valence-electron chi connectivity index (χ4n) is 1.78. The van der Waals surface area contributed by atoms with Gasteiger partial charge in [0.25, 0.3) is 10.0 Å². The van der Waals surface area contributed by atoms with E-state index in [1.807, 2.05) is 6.07 Å². The number of thiazole rings is 1. The molecule has 2 rings (SSSR count). The second kappa shape index (κ2) is 5.48. The van der Waals surface area contributed by atoms with Gasteiger partial charge in [0.05, 0.1) is 11.4 Å². The summed E-state index contributed by atoms with van der Waals surface area (Å²) in [6.07, 6.45) is 0. The normalized spacial score (nSPS) is 11.5. The van der Waals surface area contributed by atoms with Gasteiger partial charge in [0.1, 0.15) is 0 Å². The van der Waals surface area contributed by atoms with Gasteiger partial charge in [0.15, 0.2) is 8.68 Å². The van der Waals surface area contributed by atoms with Gasteiger partial charge in [-0.15, -0.1) is 0 Å². The van der Waals surface area contributed by atoms with Gasteiger partial charge >= 0.3 is 0 Å². The lowest BCUT2D eigenvalue weighted by Gasteiger charge is -2.22. The predicted molar refractivity (Wildman–Crippen MR) is 78.5 cm³/mol. The second-order valence-electron chi connectivity index (χ2n) is 3.85. The molecule has 19 heavy (non-hydrogen) atoms. The summed E-state index contributed by atoms with van der Waals surface area (Å²) in [5.41, 5.74) is 1.07. The summed E-state index contributed by atoms with van der Waals surface area (Å²) in [4.78, 5) is 3.97. The maximum absolute atomic E-state index is 12.6. The highest BCUT2D eigenvalue weighted by Crippen LogP contribution is 2.31. The molecule has 102 valence electrons. The lowest BCUT2D eigenvalue weighted by Crippen LogP contribution is -2.30. The maximum atomic E-state index is 12.6. The first-order chi connectivity index (χ1) is 8.96. The van der Waals surface area contributed by atoms with Crippen molar-refractivity contribution in [1.82, 2.24) is 4.98 Å². The summed E-state index contributed by atoms with van der Waals surface area (Å²) in [7, 11) is -3.61. The Kier molecular flexibility index (Phi) is 4.13. The van der Waals surface area contributed by atoms with E-state index >= 15 is 0 Å². The number of hydrogen-bond acceptors (Lipinski definition) is 4. The molecule has 0 saturated carbocycles. The van der Waals surface area contributed by atoms with Crippen LogP contribution in [0, 0.1) is 6.92 Å². The van der Waals surface area contributed by atoms with E-state index in [4.69, 9.17) is 11.6 Å². The van der Waals surface area contributed by atoms with Crippen LogP contribution in [-0.2, 0) is 10.0 Å². The number of aromatic nitrogens is 1. The van der Waals surface area contributed by atoms with Crippen molar-refractivity contribution < 1.29 is 8.42 Å². The van der Waals surface area contributed by atoms with Gasteiger partial charge in [-0.1, -0.05) is 41.1 Å². The Morgan fingerprint density at radius 3 is 2.42 bits per heavy atom. The minimum Gasteiger partial charge on any atom is -0.266 e. The maximum Gasteiger partial charge on any atom is 0.275 e. The van der Waals surface area contributed by atoms with Crippen molar-refractivity contribution in [2.45, 2.75) is 18.1 Å². The van der Waals surface area contributed by atoms with Crippen molar-refractivity contribution in [2.75, 3.05) is 10.8 Å². The standard InChI is InChI=1S/C12H13ClN2O2S2/c1-3-15(10-7-5-4-6-8-10)19(16,17)11-9(2)14-12(13)18-11/h4-8H,3H2,1-2H3. The van der Waals surface area contributed by atoms with E-state index in [1.54, 1.807) is 38.1 Å². The first kappa shape index (κ1) is 14.3. The van der Waals surface area contributed by atoms with Crippen LogP contribution in [0.4, 0.5) is 5.69 Å². The van der Waals surface area contributed by atoms with E-state index in [0.717, 1.165) is 11.3 Å². The van der Waals surface area contributed by atoms with Crippen LogP contribution in [0.5, 0.6) is 0 Å². The Bertz CT molecular complexity index is 668. The number of anilines is 1. The zero-order valence-electron chi connectivity index (χ0n) is 10.5. The fourth-order valence-corrected chi connectivity index (χ4v) is 5.09. The first-order valence-electron chi connectivity index (χ1n) is 5.67. The summed E-state index contributed by atoms with van der Waals surface area (Å²) >= 11 is 6.77. The van der Waals surface area contributed by atoms with Crippen LogP contribution in [0.1, 0.15) is 12.6 Å². The minimum atomic E-state index is -3.61. The zero-order chi connectivity index (χ0) is 14.0. The summed E-state index contributed by atoms with van der Waals surface area (Å²) in [6.45, 7) is 3.79. The van der Waals surface area contributed by atoms with Crippen molar-refractivity contribution in [3.05, 3.63) is 40.5 Å². The van der Waals surface area contributed by atoms with E-state index in [-0.39, 0.29) is 8.68 Å². The average molecular weight is 317 g/mol. The molecular weight excluding hydrogens is 304 g/mol. The summed E-state index contributed by atoms with van der Waals surface area (Å²) in [5.74, 6) is 0. The van der Waals surface area contributed by atoms with Crippen LogP contribution in [-0.4, -0.2) is 19.9 Å². The Morgan fingerprint density at radius 1 is 1.32 bits per heavy atom. The number of rotatable bonds is 4. The Balaban J connectivity index is 2.51. The van der Waals surface area contributed by atoms with E-state index in [2.05, 4.69) is 4.98 Å². The summed E-state index contributed by atoms with van der Waals surface area (Å²) in [6, 6.07) is 8.98. The van der Waals surface area contributed by atoms with Gasteiger partial charge in [-0.25, -0.2) is 13.4 Å². The zero-order valence-corrected chi connectivity index (χ0v) is 12.9. The van der Waals surface area contributed by atoms with Crippen molar-refractivity contribution in [3.63, 3.8) is 0 Å². The molecule has 0 fully saturated rings. The molecule has 0 spiro atoms. The molecule has 0 atom stereocenters. The Morgan fingerprint density at radius 2 is 1.95 bits per heavy atom. The third kappa shape index (κ3) is 2.75. The topological polar surface area (TPSA) is 50.3 Å². The highest BCUT2D eigenvalue weighted by Gasteiger charge is 2.28. The molecule has 0 radical (unpaired) electrons. The number of para-hydroxylation sites is 1. The Hall–Kier alpha value is -1.11. The number of benzene rings is 1. The van der Waals surface area contributed by atoms with Crippen LogP contribution in [0.25, 0.3) is 0 Å². The number of sulfonamides is 1. The molecule has 0 aliphatic carbocycles. The second-order valence-corrected chi connectivity index (χ2v) is 7.48. The molecule has 0 N–H and O–H groups in total. The highest BCUT2D eigenvalue weighted by molar-refractivity contribution is 7.94. The van der Waals surface area contributed by atoms with Gasteiger partial charge < -0.3 is 0 Å². The molecule has 1 aromatic carbocycles. The quantitative estimate of drug-likeness (QED) is 0.869. The molecule has 0 saturated heterocycles. The monoisotopic (exact) mass is 316 g/mol. The number of aryl methyl sites for hydroxylation is 1. The van der Waals surface area contributed by atoms with Crippen LogP contribution >= 0.6 is 22.9 Å². The molecule has 0 unspecified atom stereocenters. The van der Waals surface area contributed by atoms with E-state index in [9.17, 15) is 8.42 Å². The Labute approximate surface area is 121 Å². The van der Waals surface area contributed by atoms with Crippen molar-refractivity contribution in [3.8, 4) is 0 Å². The van der Waals surface area contributed by atoms with E-state index in [0.29, 0.717) is 17.9 Å². The van der Waals surface area contributed by atoms with E-state index in [1.165, 1.54) is 4.31 Å². The average Bonchev–Trinajstić information content (AvgIpc) is 2.71. The smallest absolute Gasteiger partial charge is 0.266 e. The van der Waals surface area contributed by atoms with Crippen LogP contribution < -0.4 is 4.31 Å². The van der Waals surface area contributed by atoms with Gasteiger partial charge in [0, 0.05) is 6.54 Å². The fraction of sp³-hybridized carbons (Fsp3) is 0.250. The molecule has 7 heteroatoms. The molecule has 0 aliphatic rings.